The molecule has 3 atom stereocenters. The number of likely N-dealkylation sites (tertiary alicyclic amines) is 1. The van der Waals surface area contributed by atoms with E-state index in [0.717, 1.165) is 10.9 Å². The third-order valence-corrected chi connectivity index (χ3v) is 7.78. The van der Waals surface area contributed by atoms with E-state index in [9.17, 15) is 14.4 Å². The van der Waals surface area contributed by atoms with Gasteiger partial charge in [0.15, 0.2) is 5.96 Å². The molecule has 0 spiro atoms. The molecule has 0 unspecified atom stereocenters. The quantitative estimate of drug-likeness (QED) is 0.118. The molecule has 2 aromatic heterocycles. The molecule has 3 aromatic rings. The Balaban J connectivity index is 1.45. The second-order valence-corrected chi connectivity index (χ2v) is 10.9. The minimum Gasteiger partial charge on any atom is -0.370 e. The van der Waals surface area contributed by atoms with Gasteiger partial charge in [-0.3, -0.25) is 24.8 Å². The maximum atomic E-state index is 13.5. The predicted molar refractivity (Wildman–Crippen MR) is 154 cm³/mol. The number of halogens is 1. The summed E-state index contributed by atoms with van der Waals surface area (Å²) < 4.78 is 0. The number of unbranched alkanes of at least 4 members (excludes halogenated alkanes) is 1. The molecule has 0 radical (unpaired) electrons. The number of amides is 3. The molecular weight excluding hydrogens is 554 g/mol. The van der Waals surface area contributed by atoms with Crippen LogP contribution in [0.4, 0.5) is 0 Å². The van der Waals surface area contributed by atoms with Crippen LogP contribution in [0, 0.1) is 5.41 Å². The van der Waals surface area contributed by atoms with Gasteiger partial charge in [0, 0.05) is 48.7 Å². The number of hydrogen-bond donors (Lipinski definition) is 6. The van der Waals surface area contributed by atoms with Crippen molar-refractivity contribution in [2.75, 3.05) is 20.1 Å². The Labute approximate surface area is 240 Å². The highest BCUT2D eigenvalue weighted by molar-refractivity contribution is 7.09. The number of benzene rings is 1. The molecule has 1 saturated heterocycles. The number of carbonyl (C=O) groups excluding carboxylic acids is 3. The van der Waals surface area contributed by atoms with Crippen molar-refractivity contribution in [3.05, 3.63) is 57.1 Å². The second-order valence-electron chi connectivity index (χ2n) is 9.58. The SMILES string of the molecule is CNC(=O)[C@H](CCCCNC(=N)N)NC(=O)c1csc([C@@H]2C[C@@H](N)CN2C(=O)c2ccc3ncc(Cl)cc3c2)n1. The highest BCUT2D eigenvalue weighted by Crippen LogP contribution is 2.35. The fourth-order valence-electron chi connectivity index (χ4n) is 4.65. The molecule has 1 aliphatic rings. The highest BCUT2D eigenvalue weighted by atomic mass is 35.5. The fourth-order valence-corrected chi connectivity index (χ4v) is 5.74. The Hall–Kier alpha value is -3.81. The first-order chi connectivity index (χ1) is 19.2. The minimum atomic E-state index is -0.742. The van der Waals surface area contributed by atoms with Gasteiger partial charge in [0.1, 0.15) is 16.7 Å². The lowest BCUT2D eigenvalue weighted by Crippen LogP contribution is -2.45. The summed E-state index contributed by atoms with van der Waals surface area (Å²) in [6.45, 7) is 0.857. The van der Waals surface area contributed by atoms with Crippen molar-refractivity contribution in [1.29, 1.82) is 5.41 Å². The van der Waals surface area contributed by atoms with Crippen molar-refractivity contribution in [3.8, 4) is 0 Å². The Morgan fingerprint density at radius 1 is 1.27 bits per heavy atom. The number of rotatable bonds is 10. The zero-order valence-electron chi connectivity index (χ0n) is 21.9. The topological polar surface area (TPSA) is 192 Å². The lowest BCUT2D eigenvalue weighted by Gasteiger charge is -2.23. The van der Waals surface area contributed by atoms with Crippen LogP contribution in [0.25, 0.3) is 10.9 Å². The molecule has 0 bridgehead atoms. The van der Waals surface area contributed by atoms with Crippen LogP contribution in [-0.2, 0) is 4.79 Å². The summed E-state index contributed by atoms with van der Waals surface area (Å²) in [5, 5.41) is 18.7. The Kier molecular flexibility index (Phi) is 9.50. The maximum absolute atomic E-state index is 13.5. The summed E-state index contributed by atoms with van der Waals surface area (Å²) >= 11 is 7.36. The molecule has 12 nitrogen and oxygen atoms in total. The van der Waals surface area contributed by atoms with Gasteiger partial charge in [-0.05, 0) is 49.9 Å². The van der Waals surface area contributed by atoms with Crippen molar-refractivity contribution in [2.24, 2.45) is 11.5 Å². The smallest absolute Gasteiger partial charge is 0.271 e. The third kappa shape index (κ3) is 7.03. The predicted octanol–water partition coefficient (Wildman–Crippen LogP) is 1.76. The molecule has 1 aliphatic heterocycles. The van der Waals surface area contributed by atoms with Gasteiger partial charge in [0.05, 0.1) is 16.6 Å². The van der Waals surface area contributed by atoms with Crippen molar-refractivity contribution in [3.63, 3.8) is 0 Å². The molecule has 4 rings (SSSR count). The van der Waals surface area contributed by atoms with E-state index >= 15 is 0 Å². The Morgan fingerprint density at radius 2 is 2.08 bits per heavy atom. The number of fused-ring (bicyclic) bond motifs is 1. The first kappa shape index (κ1) is 29.2. The van der Waals surface area contributed by atoms with E-state index in [1.165, 1.54) is 18.4 Å². The second kappa shape index (κ2) is 13.0. The van der Waals surface area contributed by atoms with E-state index in [-0.39, 0.29) is 35.6 Å². The number of pyridine rings is 1. The number of aromatic nitrogens is 2. The van der Waals surface area contributed by atoms with Gasteiger partial charge < -0.3 is 32.3 Å². The van der Waals surface area contributed by atoms with Crippen LogP contribution in [0.2, 0.25) is 5.02 Å². The van der Waals surface area contributed by atoms with Gasteiger partial charge in [-0.25, -0.2) is 4.98 Å². The number of nitrogens with two attached hydrogens (primary N) is 2. The minimum absolute atomic E-state index is 0.113. The molecule has 40 heavy (non-hydrogen) atoms. The summed E-state index contributed by atoms with van der Waals surface area (Å²) in [5.41, 5.74) is 12.9. The number of nitrogens with one attached hydrogen (secondary N) is 4. The average molecular weight is 586 g/mol. The van der Waals surface area contributed by atoms with Gasteiger partial charge in [-0.1, -0.05) is 11.6 Å². The van der Waals surface area contributed by atoms with Crippen LogP contribution < -0.4 is 27.4 Å². The number of nitrogens with zero attached hydrogens (tertiary/aromatic N) is 3. The number of guanidine groups is 1. The molecule has 0 saturated carbocycles. The van der Waals surface area contributed by atoms with E-state index in [1.54, 1.807) is 40.7 Å². The van der Waals surface area contributed by atoms with Crippen LogP contribution >= 0.6 is 22.9 Å². The molecular formula is C26H32ClN9O3S. The lowest BCUT2D eigenvalue weighted by atomic mass is 10.1. The van der Waals surface area contributed by atoms with Crippen LogP contribution in [0.5, 0.6) is 0 Å². The summed E-state index contributed by atoms with van der Waals surface area (Å²) in [6, 6.07) is 5.66. The summed E-state index contributed by atoms with van der Waals surface area (Å²) in [4.78, 5) is 49.4. The molecule has 212 valence electrons. The summed E-state index contributed by atoms with van der Waals surface area (Å²) in [7, 11) is 1.51. The van der Waals surface area contributed by atoms with Crippen molar-refractivity contribution in [1.82, 2.24) is 30.8 Å². The van der Waals surface area contributed by atoms with Crippen molar-refractivity contribution in [2.45, 2.75) is 43.8 Å². The molecule has 1 fully saturated rings. The average Bonchev–Trinajstić information content (AvgIpc) is 3.57. The van der Waals surface area contributed by atoms with Crippen LogP contribution in [0.15, 0.2) is 35.8 Å². The lowest BCUT2D eigenvalue weighted by molar-refractivity contribution is -0.122. The van der Waals surface area contributed by atoms with Crippen molar-refractivity contribution >= 4 is 57.5 Å². The number of thiazole rings is 1. The monoisotopic (exact) mass is 585 g/mol. The third-order valence-electron chi connectivity index (χ3n) is 6.63. The molecule has 1 aromatic carbocycles. The van der Waals surface area contributed by atoms with Gasteiger partial charge in [-0.2, -0.15) is 0 Å². The number of carbonyl (C=O) groups is 3. The van der Waals surface area contributed by atoms with E-state index in [0.29, 0.717) is 54.4 Å². The Bertz CT molecular complexity index is 1420. The number of hydrogen-bond acceptors (Lipinski definition) is 8. The van der Waals surface area contributed by atoms with Gasteiger partial charge in [-0.15, -0.1) is 11.3 Å². The van der Waals surface area contributed by atoms with E-state index in [2.05, 4.69) is 25.9 Å². The molecule has 14 heteroatoms. The normalized spacial score (nSPS) is 17.4. The molecule has 3 heterocycles. The molecule has 8 N–H and O–H groups in total. The first-order valence-corrected chi connectivity index (χ1v) is 14.1. The highest BCUT2D eigenvalue weighted by Gasteiger charge is 2.37. The Morgan fingerprint density at radius 3 is 2.83 bits per heavy atom. The van der Waals surface area contributed by atoms with Gasteiger partial charge >= 0.3 is 0 Å². The van der Waals surface area contributed by atoms with E-state index in [4.69, 9.17) is 28.5 Å². The standard InChI is InChI=1S/C26H32ClN9O3S/c1-31-22(37)19(4-2-3-7-32-26(29)30)34-23(38)20-13-40-24(35-20)21-10-17(28)12-36(21)25(39)14-5-6-18-15(8-14)9-16(27)11-33-18/h5-6,8-9,11,13,17,19,21H,2-4,7,10,12,28H2,1H3,(H,31,37)(H,34,38)(H4,29,30,32)/t17-,19+,21+/m1/s1. The summed E-state index contributed by atoms with van der Waals surface area (Å²) in [5.74, 6) is -1.09. The van der Waals surface area contributed by atoms with Gasteiger partial charge in [0.2, 0.25) is 5.91 Å². The van der Waals surface area contributed by atoms with E-state index in [1.807, 2.05) is 0 Å². The first-order valence-electron chi connectivity index (χ1n) is 12.8. The van der Waals surface area contributed by atoms with Crippen LogP contribution in [0.1, 0.15) is 57.6 Å². The van der Waals surface area contributed by atoms with E-state index < -0.39 is 11.9 Å². The molecule has 0 aliphatic carbocycles. The maximum Gasteiger partial charge on any atom is 0.271 e. The number of likely N-dealkylation sites (N-methyl/N-ethyl adjacent to an activating group) is 1. The molecule has 3 amide bonds. The fraction of sp³-hybridized carbons (Fsp3) is 0.385. The van der Waals surface area contributed by atoms with Crippen LogP contribution in [-0.4, -0.2) is 70.8 Å². The zero-order valence-corrected chi connectivity index (χ0v) is 23.5. The zero-order chi connectivity index (χ0) is 28.8. The van der Waals surface area contributed by atoms with Gasteiger partial charge in [0.25, 0.3) is 11.8 Å². The van der Waals surface area contributed by atoms with Crippen LogP contribution in [0.3, 0.4) is 0 Å². The largest absolute Gasteiger partial charge is 0.370 e. The van der Waals surface area contributed by atoms with Crippen molar-refractivity contribution < 1.29 is 14.4 Å². The summed E-state index contributed by atoms with van der Waals surface area (Å²) in [6.07, 6.45) is 3.79.